The Kier molecular flexibility index (Phi) is 6.14. The highest BCUT2D eigenvalue weighted by molar-refractivity contribution is 6.31. The predicted octanol–water partition coefficient (Wildman–Crippen LogP) is 3.65. The molecule has 0 aliphatic rings. The summed E-state index contributed by atoms with van der Waals surface area (Å²) < 4.78 is 4.87. The van der Waals surface area contributed by atoms with Crippen LogP contribution in [0.15, 0.2) is 54.7 Å². The van der Waals surface area contributed by atoms with Crippen molar-refractivity contribution in [2.24, 2.45) is 0 Å². The van der Waals surface area contributed by atoms with Crippen LogP contribution in [0.5, 0.6) is 0 Å². The van der Waals surface area contributed by atoms with Gasteiger partial charge in [-0.2, -0.15) is 0 Å². The number of nitrogens with one attached hydrogen (secondary N) is 2. The average molecular weight is 385 g/mol. The van der Waals surface area contributed by atoms with Crippen molar-refractivity contribution in [3.63, 3.8) is 0 Å². The summed E-state index contributed by atoms with van der Waals surface area (Å²) in [5, 5.41) is 4.45. The molecule has 3 aromatic rings. The number of esters is 1. The first kappa shape index (κ1) is 19.0. The Hall–Kier alpha value is -2.79. The van der Waals surface area contributed by atoms with E-state index in [4.69, 9.17) is 16.3 Å². The molecule has 1 heterocycles. The molecule has 0 fully saturated rings. The second kappa shape index (κ2) is 8.73. The van der Waals surface area contributed by atoms with Gasteiger partial charge in [0.25, 0.3) is 0 Å². The van der Waals surface area contributed by atoms with Crippen LogP contribution in [-0.4, -0.2) is 30.0 Å². The zero-order chi connectivity index (χ0) is 19.2. The molecule has 0 bridgehead atoms. The lowest BCUT2D eigenvalue weighted by Gasteiger charge is -2.16. The standard InChI is InChI=1S/C21H21ClN2O3/c1-27-21(26)19(12-15-13-23-18-9-5-3-7-16(15)18)24-20(25)11-10-14-6-2-4-8-17(14)22/h2-9,13,19,23H,10-12H2,1H3,(H,24,25). The number of carbonyl (C=O) groups is 2. The number of H-pyrrole nitrogens is 1. The van der Waals surface area contributed by atoms with E-state index in [0.717, 1.165) is 22.0 Å². The SMILES string of the molecule is COC(=O)C(Cc1c[nH]c2ccccc12)NC(=O)CCc1ccccc1Cl. The number of aryl methyl sites for hydroxylation is 1. The predicted molar refractivity (Wildman–Crippen MR) is 106 cm³/mol. The molecule has 1 unspecified atom stereocenters. The van der Waals surface area contributed by atoms with Crippen molar-refractivity contribution in [3.8, 4) is 0 Å². The van der Waals surface area contributed by atoms with Crippen molar-refractivity contribution in [3.05, 3.63) is 70.9 Å². The summed E-state index contributed by atoms with van der Waals surface area (Å²) in [7, 11) is 1.32. The number of methoxy groups -OCH3 is 1. The number of hydrogen-bond donors (Lipinski definition) is 2. The molecule has 1 amide bonds. The van der Waals surface area contributed by atoms with Gasteiger partial charge in [0.15, 0.2) is 0 Å². The van der Waals surface area contributed by atoms with Gasteiger partial charge in [0.05, 0.1) is 7.11 Å². The van der Waals surface area contributed by atoms with Crippen molar-refractivity contribution in [1.29, 1.82) is 0 Å². The zero-order valence-corrected chi connectivity index (χ0v) is 15.8. The van der Waals surface area contributed by atoms with Crippen molar-refractivity contribution in [1.82, 2.24) is 10.3 Å². The van der Waals surface area contributed by atoms with Crippen LogP contribution < -0.4 is 5.32 Å². The van der Waals surface area contributed by atoms with Gasteiger partial charge in [-0.15, -0.1) is 0 Å². The van der Waals surface area contributed by atoms with Crippen LogP contribution in [0.25, 0.3) is 10.9 Å². The summed E-state index contributed by atoms with van der Waals surface area (Å²) in [5.74, 6) is -0.684. The number of aromatic nitrogens is 1. The molecule has 140 valence electrons. The second-order valence-electron chi connectivity index (χ2n) is 6.30. The van der Waals surface area contributed by atoms with Crippen LogP contribution >= 0.6 is 11.6 Å². The van der Waals surface area contributed by atoms with Crippen molar-refractivity contribution < 1.29 is 14.3 Å². The summed E-state index contributed by atoms with van der Waals surface area (Å²) in [6, 6.07) is 14.5. The Balaban J connectivity index is 1.67. The fourth-order valence-corrected chi connectivity index (χ4v) is 3.30. The molecule has 1 aromatic heterocycles. The van der Waals surface area contributed by atoms with E-state index in [2.05, 4.69) is 10.3 Å². The Morgan fingerprint density at radius 3 is 2.63 bits per heavy atom. The van der Waals surface area contributed by atoms with Crippen LogP contribution in [-0.2, 0) is 27.2 Å². The molecule has 27 heavy (non-hydrogen) atoms. The molecule has 3 rings (SSSR count). The van der Waals surface area contributed by atoms with Gasteiger partial charge in [0.1, 0.15) is 6.04 Å². The van der Waals surface area contributed by atoms with Crippen LogP contribution in [0, 0.1) is 0 Å². The summed E-state index contributed by atoms with van der Waals surface area (Å²) in [6.07, 6.45) is 2.96. The van der Waals surface area contributed by atoms with Crippen molar-refractivity contribution in [2.45, 2.75) is 25.3 Å². The third kappa shape index (κ3) is 4.68. The molecular weight excluding hydrogens is 364 g/mol. The van der Waals surface area contributed by atoms with Gasteiger partial charge in [-0.05, 0) is 29.7 Å². The Labute approximate surface area is 162 Å². The number of rotatable bonds is 7. The molecule has 0 saturated carbocycles. The van der Waals surface area contributed by atoms with Gasteiger partial charge in [0.2, 0.25) is 5.91 Å². The molecule has 0 aliphatic heterocycles. The van der Waals surface area contributed by atoms with Crippen LogP contribution in [0.4, 0.5) is 0 Å². The summed E-state index contributed by atoms with van der Waals surface area (Å²) >= 11 is 6.13. The van der Waals surface area contributed by atoms with E-state index < -0.39 is 12.0 Å². The van der Waals surface area contributed by atoms with E-state index in [1.807, 2.05) is 48.7 Å². The fraction of sp³-hybridized carbons (Fsp3) is 0.238. The smallest absolute Gasteiger partial charge is 0.328 e. The minimum atomic E-state index is -0.743. The number of fused-ring (bicyclic) bond motifs is 1. The molecule has 6 heteroatoms. The quantitative estimate of drug-likeness (QED) is 0.611. The van der Waals surface area contributed by atoms with Gasteiger partial charge in [-0.25, -0.2) is 4.79 Å². The number of ether oxygens (including phenoxy) is 1. The number of amides is 1. The first-order valence-corrected chi connectivity index (χ1v) is 9.12. The molecule has 0 aliphatic carbocycles. The molecule has 2 aromatic carbocycles. The summed E-state index contributed by atoms with van der Waals surface area (Å²) in [6.45, 7) is 0. The van der Waals surface area contributed by atoms with Gasteiger partial charge >= 0.3 is 5.97 Å². The second-order valence-corrected chi connectivity index (χ2v) is 6.71. The number of hydrogen-bond acceptors (Lipinski definition) is 3. The summed E-state index contributed by atoms with van der Waals surface area (Å²) in [5.41, 5.74) is 2.84. The lowest BCUT2D eigenvalue weighted by molar-refractivity contribution is -0.145. The minimum absolute atomic E-state index is 0.217. The number of aromatic amines is 1. The lowest BCUT2D eigenvalue weighted by atomic mass is 10.0. The van der Waals surface area contributed by atoms with Crippen LogP contribution in [0.3, 0.4) is 0 Å². The third-order valence-electron chi connectivity index (χ3n) is 4.50. The normalized spacial score (nSPS) is 11.9. The van der Waals surface area contributed by atoms with Gasteiger partial charge in [-0.1, -0.05) is 48.0 Å². The topological polar surface area (TPSA) is 71.2 Å². The van der Waals surface area contributed by atoms with E-state index in [-0.39, 0.29) is 12.3 Å². The van der Waals surface area contributed by atoms with E-state index in [0.29, 0.717) is 17.9 Å². The molecule has 2 N–H and O–H groups in total. The molecule has 5 nitrogen and oxygen atoms in total. The molecular formula is C21H21ClN2O3. The first-order chi connectivity index (χ1) is 13.1. The van der Waals surface area contributed by atoms with E-state index >= 15 is 0 Å². The fourth-order valence-electron chi connectivity index (χ4n) is 3.07. The maximum Gasteiger partial charge on any atom is 0.328 e. The lowest BCUT2D eigenvalue weighted by Crippen LogP contribution is -2.43. The maximum absolute atomic E-state index is 12.4. The zero-order valence-electron chi connectivity index (χ0n) is 15.0. The Morgan fingerprint density at radius 2 is 1.85 bits per heavy atom. The molecule has 0 saturated heterocycles. The molecule has 1 atom stereocenters. The Bertz CT molecular complexity index is 951. The van der Waals surface area contributed by atoms with E-state index in [9.17, 15) is 9.59 Å². The van der Waals surface area contributed by atoms with Crippen LogP contribution in [0.2, 0.25) is 5.02 Å². The maximum atomic E-state index is 12.4. The Morgan fingerprint density at radius 1 is 1.11 bits per heavy atom. The van der Waals surface area contributed by atoms with Gasteiger partial charge < -0.3 is 15.0 Å². The van der Waals surface area contributed by atoms with Gasteiger partial charge in [0, 0.05) is 35.0 Å². The monoisotopic (exact) mass is 384 g/mol. The number of para-hydroxylation sites is 1. The number of carbonyl (C=O) groups excluding carboxylic acids is 2. The third-order valence-corrected chi connectivity index (χ3v) is 4.87. The van der Waals surface area contributed by atoms with E-state index in [1.54, 1.807) is 6.07 Å². The largest absolute Gasteiger partial charge is 0.467 e. The highest BCUT2D eigenvalue weighted by Crippen LogP contribution is 2.20. The van der Waals surface area contributed by atoms with Crippen LogP contribution in [0.1, 0.15) is 17.5 Å². The van der Waals surface area contributed by atoms with Crippen molar-refractivity contribution >= 4 is 34.4 Å². The highest BCUT2D eigenvalue weighted by Gasteiger charge is 2.23. The average Bonchev–Trinajstić information content (AvgIpc) is 3.09. The highest BCUT2D eigenvalue weighted by atomic mass is 35.5. The van der Waals surface area contributed by atoms with Crippen molar-refractivity contribution in [2.75, 3.05) is 7.11 Å². The number of halogens is 1. The van der Waals surface area contributed by atoms with E-state index in [1.165, 1.54) is 7.11 Å². The number of benzene rings is 2. The molecule has 0 spiro atoms. The summed E-state index contributed by atoms with van der Waals surface area (Å²) in [4.78, 5) is 27.7. The van der Waals surface area contributed by atoms with Gasteiger partial charge in [-0.3, -0.25) is 4.79 Å². The first-order valence-electron chi connectivity index (χ1n) is 8.74. The minimum Gasteiger partial charge on any atom is -0.467 e. The molecule has 0 radical (unpaired) electrons.